The van der Waals surface area contributed by atoms with E-state index in [1.165, 1.54) is 11.8 Å². The van der Waals surface area contributed by atoms with Gasteiger partial charge in [-0.25, -0.2) is 4.79 Å². The highest BCUT2D eigenvalue weighted by Crippen LogP contribution is 2.34. The van der Waals surface area contributed by atoms with Crippen LogP contribution in [0.1, 0.15) is 32.5 Å². The predicted octanol–water partition coefficient (Wildman–Crippen LogP) is 3.52. The molecule has 12 heteroatoms. The summed E-state index contributed by atoms with van der Waals surface area (Å²) in [6.45, 7) is 7.62. The van der Waals surface area contributed by atoms with Crippen LogP contribution in [0.25, 0.3) is 11.4 Å². The molecule has 0 aliphatic heterocycles. The maximum Gasteiger partial charge on any atom is 0.341 e. The number of nitrogens with zero attached hydrogens (tertiary/aromatic N) is 3. The summed E-state index contributed by atoms with van der Waals surface area (Å²) in [6, 6.07) is 7.43. The number of amides is 2. The van der Waals surface area contributed by atoms with Crippen LogP contribution in [0, 0.1) is 6.92 Å². The summed E-state index contributed by atoms with van der Waals surface area (Å²) < 4.78 is 12.3. The minimum Gasteiger partial charge on any atom is -0.496 e. The number of nitrogens with one attached hydrogen (secondary N) is 1. The number of para-hydroxylation sites is 1. The number of esters is 1. The van der Waals surface area contributed by atoms with Gasteiger partial charge in [-0.3, -0.25) is 14.2 Å². The van der Waals surface area contributed by atoms with Gasteiger partial charge in [-0.05, 0) is 31.5 Å². The quantitative estimate of drug-likeness (QED) is 0.225. The highest BCUT2D eigenvalue weighted by atomic mass is 32.2. The maximum atomic E-state index is 12.8. The molecule has 0 unspecified atom stereocenters. The van der Waals surface area contributed by atoms with E-state index < -0.39 is 17.8 Å². The number of methoxy groups -OCH3 is 1. The fourth-order valence-corrected chi connectivity index (χ4v) is 5.11. The number of thioether (sulfide) groups is 1. The molecule has 2 aromatic heterocycles. The van der Waals surface area contributed by atoms with E-state index in [1.807, 2.05) is 28.8 Å². The Kier molecular flexibility index (Phi) is 8.66. The summed E-state index contributed by atoms with van der Waals surface area (Å²) in [5.41, 5.74) is 6.67. The van der Waals surface area contributed by atoms with Crippen LogP contribution < -0.4 is 15.8 Å². The third-order valence-corrected chi connectivity index (χ3v) is 7.00. The number of anilines is 1. The first-order valence-corrected chi connectivity index (χ1v) is 12.3. The molecule has 0 saturated heterocycles. The molecule has 0 aliphatic rings. The Morgan fingerprint density at radius 2 is 2.03 bits per heavy atom. The molecule has 35 heavy (non-hydrogen) atoms. The SMILES string of the molecule is C=CCn1c(SCC(=O)Nc2sc(C(N)=O)c(C)c2C(=O)OCC)nnc1-c1ccccc1OC. The van der Waals surface area contributed by atoms with Gasteiger partial charge in [0.1, 0.15) is 10.8 Å². The van der Waals surface area contributed by atoms with Crippen molar-refractivity contribution in [3.8, 4) is 17.1 Å². The first kappa shape index (κ1) is 26.0. The Morgan fingerprint density at radius 1 is 1.29 bits per heavy atom. The molecule has 0 bridgehead atoms. The Balaban J connectivity index is 1.81. The fraction of sp³-hybridized carbons (Fsp3) is 0.261. The number of carbonyl (C=O) groups is 3. The van der Waals surface area contributed by atoms with Gasteiger partial charge in [0.2, 0.25) is 5.91 Å². The van der Waals surface area contributed by atoms with Crippen LogP contribution in [0.5, 0.6) is 5.75 Å². The van der Waals surface area contributed by atoms with E-state index in [1.54, 1.807) is 27.0 Å². The summed E-state index contributed by atoms with van der Waals surface area (Å²) in [5, 5.41) is 11.9. The largest absolute Gasteiger partial charge is 0.496 e. The zero-order valence-corrected chi connectivity index (χ0v) is 21.1. The first-order chi connectivity index (χ1) is 16.8. The third kappa shape index (κ3) is 5.72. The van der Waals surface area contributed by atoms with Gasteiger partial charge in [-0.15, -0.1) is 28.1 Å². The van der Waals surface area contributed by atoms with E-state index in [2.05, 4.69) is 22.1 Å². The Bertz CT molecular complexity index is 1270. The number of carbonyl (C=O) groups excluding carboxylic acids is 3. The molecule has 2 heterocycles. The molecule has 0 atom stereocenters. The Labute approximate surface area is 210 Å². The third-order valence-electron chi connectivity index (χ3n) is 4.81. The monoisotopic (exact) mass is 515 g/mol. The van der Waals surface area contributed by atoms with E-state index in [9.17, 15) is 14.4 Å². The lowest BCUT2D eigenvalue weighted by molar-refractivity contribution is -0.113. The van der Waals surface area contributed by atoms with Crippen molar-refractivity contribution in [2.24, 2.45) is 5.73 Å². The lowest BCUT2D eigenvalue weighted by Crippen LogP contribution is -2.17. The van der Waals surface area contributed by atoms with E-state index in [-0.39, 0.29) is 27.8 Å². The molecule has 184 valence electrons. The Morgan fingerprint density at radius 3 is 2.69 bits per heavy atom. The molecule has 0 radical (unpaired) electrons. The van der Waals surface area contributed by atoms with E-state index >= 15 is 0 Å². The van der Waals surface area contributed by atoms with Gasteiger partial charge in [0.05, 0.1) is 35.5 Å². The topological polar surface area (TPSA) is 138 Å². The van der Waals surface area contributed by atoms with Gasteiger partial charge in [-0.2, -0.15) is 0 Å². The predicted molar refractivity (Wildman–Crippen MR) is 135 cm³/mol. The molecule has 0 saturated carbocycles. The van der Waals surface area contributed by atoms with Crippen molar-refractivity contribution < 1.29 is 23.9 Å². The van der Waals surface area contributed by atoms with Crippen LogP contribution in [-0.4, -0.2) is 52.0 Å². The molecular formula is C23H25N5O5S2. The van der Waals surface area contributed by atoms with E-state index in [0.29, 0.717) is 28.8 Å². The van der Waals surface area contributed by atoms with Gasteiger partial charge in [-0.1, -0.05) is 30.0 Å². The number of aromatic nitrogens is 3. The zero-order valence-electron chi connectivity index (χ0n) is 19.5. The molecule has 3 N–H and O–H groups in total. The standard InChI is InChI=1S/C23H25N5O5S2/c1-5-11-28-20(14-9-7-8-10-15(14)32-4)26-27-23(28)34-12-16(29)25-21-17(22(31)33-6-2)13(3)18(35-21)19(24)30/h5,7-10H,1,6,11-12H2,2-4H3,(H2,24,30)(H,25,29). The van der Waals surface area contributed by atoms with Crippen LogP contribution >= 0.6 is 23.1 Å². The summed E-state index contributed by atoms with van der Waals surface area (Å²) in [7, 11) is 1.58. The minimum absolute atomic E-state index is 0.0215. The van der Waals surface area contributed by atoms with Crippen molar-refractivity contribution in [2.45, 2.75) is 25.5 Å². The van der Waals surface area contributed by atoms with Crippen molar-refractivity contribution in [2.75, 3.05) is 24.8 Å². The van der Waals surface area contributed by atoms with Crippen molar-refractivity contribution >= 4 is 45.9 Å². The van der Waals surface area contributed by atoms with Gasteiger partial charge >= 0.3 is 5.97 Å². The summed E-state index contributed by atoms with van der Waals surface area (Å²) in [4.78, 5) is 37.1. The zero-order chi connectivity index (χ0) is 25.5. The number of primary amides is 1. The average molecular weight is 516 g/mol. The van der Waals surface area contributed by atoms with Crippen molar-refractivity contribution in [3.05, 3.63) is 52.9 Å². The van der Waals surface area contributed by atoms with E-state index in [0.717, 1.165) is 16.9 Å². The lowest BCUT2D eigenvalue weighted by Gasteiger charge is -2.10. The van der Waals surface area contributed by atoms with Crippen LogP contribution in [0.3, 0.4) is 0 Å². The second-order valence-corrected chi connectivity index (χ2v) is 9.05. The van der Waals surface area contributed by atoms with E-state index in [4.69, 9.17) is 15.2 Å². The average Bonchev–Trinajstić information content (AvgIpc) is 3.38. The number of hydrogen-bond acceptors (Lipinski definition) is 9. The van der Waals surface area contributed by atoms with Gasteiger partial charge in [0, 0.05) is 6.54 Å². The smallest absolute Gasteiger partial charge is 0.341 e. The molecular weight excluding hydrogens is 490 g/mol. The van der Waals surface area contributed by atoms with Crippen molar-refractivity contribution in [1.29, 1.82) is 0 Å². The number of ether oxygens (including phenoxy) is 2. The molecule has 0 spiro atoms. The molecule has 3 aromatic rings. The molecule has 2 amide bonds. The second kappa shape index (κ2) is 11.7. The second-order valence-electron chi connectivity index (χ2n) is 7.09. The fourth-order valence-electron chi connectivity index (χ4n) is 3.30. The van der Waals surface area contributed by atoms with Crippen LogP contribution in [0.4, 0.5) is 5.00 Å². The number of rotatable bonds is 11. The minimum atomic E-state index is -0.686. The number of hydrogen-bond donors (Lipinski definition) is 2. The number of nitrogens with two attached hydrogens (primary N) is 1. The summed E-state index contributed by atoms with van der Waals surface area (Å²) in [5.74, 6) is -0.520. The van der Waals surface area contributed by atoms with Crippen molar-refractivity contribution in [1.82, 2.24) is 14.8 Å². The molecule has 10 nitrogen and oxygen atoms in total. The van der Waals surface area contributed by atoms with Crippen LogP contribution in [0.15, 0.2) is 42.1 Å². The van der Waals surface area contributed by atoms with Gasteiger partial charge < -0.3 is 20.5 Å². The number of thiophene rings is 1. The van der Waals surface area contributed by atoms with Crippen LogP contribution in [0.2, 0.25) is 0 Å². The normalized spacial score (nSPS) is 10.6. The Hall–Kier alpha value is -3.64. The lowest BCUT2D eigenvalue weighted by atomic mass is 10.1. The molecule has 3 rings (SSSR count). The van der Waals surface area contributed by atoms with Crippen LogP contribution in [-0.2, 0) is 16.1 Å². The summed E-state index contributed by atoms with van der Waals surface area (Å²) in [6.07, 6.45) is 1.71. The van der Waals surface area contributed by atoms with Crippen molar-refractivity contribution in [3.63, 3.8) is 0 Å². The molecule has 0 fully saturated rings. The highest BCUT2D eigenvalue weighted by molar-refractivity contribution is 7.99. The number of benzene rings is 1. The summed E-state index contributed by atoms with van der Waals surface area (Å²) >= 11 is 2.11. The number of allylic oxidation sites excluding steroid dienone is 1. The molecule has 0 aliphatic carbocycles. The first-order valence-electron chi connectivity index (χ1n) is 10.5. The molecule has 1 aromatic carbocycles. The maximum absolute atomic E-state index is 12.8. The van der Waals surface area contributed by atoms with Gasteiger partial charge in [0.25, 0.3) is 5.91 Å². The van der Waals surface area contributed by atoms with Gasteiger partial charge in [0.15, 0.2) is 11.0 Å². The highest BCUT2D eigenvalue weighted by Gasteiger charge is 2.26.